The van der Waals surface area contributed by atoms with Crippen LogP contribution in [0.3, 0.4) is 0 Å². The van der Waals surface area contributed by atoms with Crippen LogP contribution in [0.5, 0.6) is 5.75 Å². The third kappa shape index (κ3) is 4.07. The Morgan fingerprint density at radius 2 is 1.56 bits per heavy atom. The smallest absolute Gasteiger partial charge is 0.242 e. The van der Waals surface area contributed by atoms with Gasteiger partial charge < -0.3 is 4.43 Å². The lowest BCUT2D eigenvalue weighted by Gasteiger charge is -2.23. The summed E-state index contributed by atoms with van der Waals surface area (Å²) in [5.41, 5.74) is 0. The minimum absolute atomic E-state index is 1.01. The molecule has 0 aliphatic carbocycles. The summed E-state index contributed by atoms with van der Waals surface area (Å²) >= 11 is 3.56. The minimum Gasteiger partial charge on any atom is -0.544 e. The molecule has 0 aliphatic heterocycles. The standard InChI is InChI=1S/C12H21BrOSi2/c1-15(2,3)10-7-8-11(13)12(9-10)14-16(4,5)6/h7-9H,1-6H3. The van der Waals surface area contributed by atoms with Crippen molar-refractivity contribution >= 4 is 37.5 Å². The maximum absolute atomic E-state index is 6.08. The first kappa shape index (κ1) is 14.0. The Morgan fingerprint density at radius 1 is 1.00 bits per heavy atom. The normalized spacial score (nSPS) is 12.7. The second kappa shape index (κ2) is 4.66. The molecule has 4 heteroatoms. The summed E-state index contributed by atoms with van der Waals surface area (Å²) in [5, 5.41) is 1.45. The van der Waals surface area contributed by atoms with Crippen LogP contribution in [-0.4, -0.2) is 16.4 Å². The van der Waals surface area contributed by atoms with E-state index >= 15 is 0 Å². The van der Waals surface area contributed by atoms with Crippen LogP contribution in [0.4, 0.5) is 0 Å². The lowest BCUT2D eigenvalue weighted by Crippen LogP contribution is -2.38. The summed E-state index contributed by atoms with van der Waals surface area (Å²) in [4.78, 5) is 0. The zero-order valence-electron chi connectivity index (χ0n) is 11.0. The zero-order chi connectivity index (χ0) is 12.6. The molecule has 0 unspecified atom stereocenters. The molecule has 90 valence electrons. The monoisotopic (exact) mass is 316 g/mol. The van der Waals surface area contributed by atoms with Crippen molar-refractivity contribution in [3.63, 3.8) is 0 Å². The first-order chi connectivity index (χ1) is 7.09. The molecule has 0 spiro atoms. The molecule has 0 amide bonds. The quantitative estimate of drug-likeness (QED) is 0.759. The van der Waals surface area contributed by atoms with Gasteiger partial charge >= 0.3 is 0 Å². The topological polar surface area (TPSA) is 9.23 Å². The molecule has 0 radical (unpaired) electrons. The number of benzene rings is 1. The lowest BCUT2D eigenvalue weighted by molar-refractivity contribution is 0.554. The fraction of sp³-hybridized carbons (Fsp3) is 0.500. The van der Waals surface area contributed by atoms with Crippen molar-refractivity contribution in [2.45, 2.75) is 39.3 Å². The van der Waals surface area contributed by atoms with Crippen molar-refractivity contribution in [3.8, 4) is 5.75 Å². The van der Waals surface area contributed by atoms with Crippen molar-refractivity contribution in [3.05, 3.63) is 22.7 Å². The van der Waals surface area contributed by atoms with Gasteiger partial charge in [0, 0.05) is 0 Å². The largest absolute Gasteiger partial charge is 0.544 e. The predicted molar refractivity (Wildman–Crippen MR) is 81.1 cm³/mol. The van der Waals surface area contributed by atoms with Gasteiger partial charge in [-0.1, -0.05) is 30.9 Å². The molecule has 0 saturated heterocycles. The molecule has 0 aliphatic rings. The van der Waals surface area contributed by atoms with E-state index in [1.54, 1.807) is 0 Å². The van der Waals surface area contributed by atoms with Gasteiger partial charge in [-0.25, -0.2) is 0 Å². The Morgan fingerprint density at radius 3 is 2.00 bits per heavy atom. The van der Waals surface area contributed by atoms with Crippen molar-refractivity contribution in [1.29, 1.82) is 0 Å². The van der Waals surface area contributed by atoms with Crippen molar-refractivity contribution in [1.82, 2.24) is 0 Å². The molecule has 1 rings (SSSR count). The lowest BCUT2D eigenvalue weighted by atomic mass is 10.3. The first-order valence-corrected chi connectivity index (χ1v) is 13.3. The van der Waals surface area contributed by atoms with Gasteiger partial charge in [0.15, 0.2) is 0 Å². The van der Waals surface area contributed by atoms with Crippen LogP contribution in [0.15, 0.2) is 22.7 Å². The van der Waals surface area contributed by atoms with Crippen molar-refractivity contribution in [2.75, 3.05) is 0 Å². The highest BCUT2D eigenvalue weighted by atomic mass is 79.9. The molecular weight excluding hydrogens is 296 g/mol. The molecule has 0 N–H and O–H groups in total. The van der Waals surface area contributed by atoms with Gasteiger partial charge in [-0.15, -0.1) is 0 Å². The van der Waals surface area contributed by atoms with E-state index in [0.29, 0.717) is 0 Å². The Bertz CT molecular complexity index is 378. The summed E-state index contributed by atoms with van der Waals surface area (Å²) in [6.07, 6.45) is 0. The molecular formula is C12H21BrOSi2. The summed E-state index contributed by atoms with van der Waals surface area (Å²) in [7, 11) is -2.77. The first-order valence-electron chi connectivity index (χ1n) is 5.59. The highest BCUT2D eigenvalue weighted by molar-refractivity contribution is 9.10. The number of hydrogen-bond acceptors (Lipinski definition) is 1. The van der Waals surface area contributed by atoms with E-state index in [0.717, 1.165) is 10.2 Å². The van der Waals surface area contributed by atoms with Crippen molar-refractivity contribution < 1.29 is 4.43 Å². The number of halogens is 1. The van der Waals surface area contributed by atoms with E-state index in [2.05, 4.69) is 73.4 Å². The van der Waals surface area contributed by atoms with Crippen LogP contribution < -0.4 is 9.61 Å². The van der Waals surface area contributed by atoms with Gasteiger partial charge in [-0.3, -0.25) is 0 Å². The molecule has 0 atom stereocenters. The van der Waals surface area contributed by atoms with Crippen LogP contribution in [0.2, 0.25) is 39.3 Å². The minimum atomic E-state index is -1.53. The summed E-state index contributed by atoms with van der Waals surface area (Å²) < 4.78 is 7.15. The molecule has 0 saturated carbocycles. The predicted octanol–water partition coefficient (Wildman–Crippen LogP) is 4.21. The van der Waals surface area contributed by atoms with Crippen LogP contribution >= 0.6 is 15.9 Å². The Hall–Kier alpha value is -0.0662. The third-order valence-electron chi connectivity index (χ3n) is 2.21. The summed E-state index contributed by atoms with van der Waals surface area (Å²) in [6.45, 7) is 13.7. The van der Waals surface area contributed by atoms with E-state index in [-0.39, 0.29) is 0 Å². The summed E-state index contributed by atoms with van der Waals surface area (Å²) in [5.74, 6) is 1.01. The van der Waals surface area contributed by atoms with Gasteiger partial charge in [0.2, 0.25) is 8.32 Å². The van der Waals surface area contributed by atoms with Gasteiger partial charge in [0.05, 0.1) is 12.5 Å². The average molecular weight is 317 g/mol. The third-order valence-corrected chi connectivity index (χ3v) is 5.74. The second-order valence-electron chi connectivity index (χ2n) is 6.11. The highest BCUT2D eigenvalue weighted by Gasteiger charge is 2.21. The van der Waals surface area contributed by atoms with Crippen LogP contribution in [0.1, 0.15) is 0 Å². The number of hydrogen-bond donors (Lipinski definition) is 0. The van der Waals surface area contributed by atoms with Gasteiger partial charge in [0.1, 0.15) is 5.75 Å². The Kier molecular flexibility index (Phi) is 4.08. The van der Waals surface area contributed by atoms with Crippen molar-refractivity contribution in [2.24, 2.45) is 0 Å². The van der Waals surface area contributed by atoms with E-state index in [1.165, 1.54) is 5.19 Å². The van der Waals surface area contributed by atoms with Gasteiger partial charge in [-0.2, -0.15) is 0 Å². The Labute approximate surface area is 109 Å². The highest BCUT2D eigenvalue weighted by Crippen LogP contribution is 2.26. The molecule has 1 aromatic rings. The fourth-order valence-corrected chi connectivity index (χ4v) is 3.83. The molecule has 0 bridgehead atoms. The fourth-order valence-electron chi connectivity index (χ4n) is 1.38. The van der Waals surface area contributed by atoms with Crippen LogP contribution in [0.25, 0.3) is 0 Å². The van der Waals surface area contributed by atoms with E-state index in [1.807, 2.05) is 0 Å². The average Bonchev–Trinajstić information content (AvgIpc) is 2.04. The van der Waals surface area contributed by atoms with Gasteiger partial charge in [-0.05, 0) is 47.7 Å². The van der Waals surface area contributed by atoms with E-state index in [4.69, 9.17) is 4.43 Å². The molecule has 0 fully saturated rings. The molecule has 0 heterocycles. The molecule has 0 aromatic heterocycles. The zero-order valence-corrected chi connectivity index (χ0v) is 14.6. The molecule has 1 aromatic carbocycles. The maximum atomic E-state index is 6.08. The van der Waals surface area contributed by atoms with Gasteiger partial charge in [0.25, 0.3) is 0 Å². The van der Waals surface area contributed by atoms with Crippen LogP contribution in [-0.2, 0) is 0 Å². The molecule has 16 heavy (non-hydrogen) atoms. The van der Waals surface area contributed by atoms with E-state index < -0.39 is 16.4 Å². The molecule has 1 nitrogen and oxygen atoms in total. The second-order valence-corrected chi connectivity index (χ2v) is 16.5. The summed E-state index contributed by atoms with van der Waals surface area (Å²) in [6, 6.07) is 6.55. The Balaban J connectivity index is 3.10. The SMILES string of the molecule is C[Si](C)(C)Oc1cc([Si](C)(C)C)ccc1Br. The van der Waals surface area contributed by atoms with E-state index in [9.17, 15) is 0 Å². The number of rotatable bonds is 3. The van der Waals surface area contributed by atoms with Crippen LogP contribution in [0, 0.1) is 0 Å². The maximum Gasteiger partial charge on any atom is 0.242 e.